The Morgan fingerprint density at radius 2 is 2.13 bits per heavy atom. The minimum Gasteiger partial charge on any atom is -0.493 e. The van der Waals surface area contributed by atoms with Gasteiger partial charge in [-0.3, -0.25) is 0 Å². The van der Waals surface area contributed by atoms with Crippen molar-refractivity contribution in [1.29, 1.82) is 0 Å². The summed E-state index contributed by atoms with van der Waals surface area (Å²) in [5.41, 5.74) is -0.605. The van der Waals surface area contributed by atoms with Crippen LogP contribution < -0.4 is 10.4 Å². The van der Waals surface area contributed by atoms with Gasteiger partial charge < -0.3 is 9.15 Å². The number of para-hydroxylation sites is 1. The second-order valence-electron chi connectivity index (χ2n) is 5.89. The van der Waals surface area contributed by atoms with Crippen LogP contribution in [0.4, 0.5) is 0 Å². The van der Waals surface area contributed by atoms with Crippen molar-refractivity contribution in [2.24, 2.45) is 5.92 Å². The first-order valence-corrected chi connectivity index (χ1v) is 8.98. The Kier molecular flexibility index (Phi) is 4.16. The summed E-state index contributed by atoms with van der Waals surface area (Å²) < 4.78 is 37.3. The molecule has 1 aliphatic rings. The van der Waals surface area contributed by atoms with Crippen LogP contribution in [-0.4, -0.2) is 32.9 Å². The van der Waals surface area contributed by atoms with Crippen LogP contribution in [0, 0.1) is 5.92 Å². The molecule has 124 valence electrons. The third-order valence-electron chi connectivity index (χ3n) is 4.15. The van der Waals surface area contributed by atoms with E-state index in [0.717, 1.165) is 12.8 Å². The molecule has 1 aromatic carbocycles. The van der Waals surface area contributed by atoms with Crippen LogP contribution in [0.2, 0.25) is 0 Å². The van der Waals surface area contributed by atoms with Gasteiger partial charge in [-0.15, -0.1) is 0 Å². The standard InChI is InChI=1S/C16H19NO5S/c1-11-5-4-8-17(10-11)23(19,20)14-9-12-6-3-7-13(21-2)15(12)22-16(14)18/h3,6-7,9,11H,4-5,8,10H2,1-2H3/t11-/m1/s1. The van der Waals surface area contributed by atoms with Crippen molar-refractivity contribution in [1.82, 2.24) is 4.31 Å². The van der Waals surface area contributed by atoms with E-state index >= 15 is 0 Å². The number of benzene rings is 1. The fourth-order valence-electron chi connectivity index (χ4n) is 2.94. The Morgan fingerprint density at radius 1 is 1.35 bits per heavy atom. The van der Waals surface area contributed by atoms with Crippen LogP contribution in [0.15, 0.2) is 38.4 Å². The highest BCUT2D eigenvalue weighted by Crippen LogP contribution is 2.27. The maximum atomic E-state index is 12.8. The van der Waals surface area contributed by atoms with Crippen LogP contribution in [0.25, 0.3) is 11.0 Å². The van der Waals surface area contributed by atoms with Crippen molar-refractivity contribution in [2.75, 3.05) is 20.2 Å². The molecular formula is C16H19NO5S. The first-order valence-electron chi connectivity index (χ1n) is 7.54. The quantitative estimate of drug-likeness (QED) is 0.803. The molecule has 0 bridgehead atoms. The first-order chi connectivity index (χ1) is 10.9. The zero-order valence-corrected chi connectivity index (χ0v) is 13.9. The molecule has 0 spiro atoms. The van der Waals surface area contributed by atoms with Crippen molar-refractivity contribution in [3.8, 4) is 5.75 Å². The summed E-state index contributed by atoms with van der Waals surface area (Å²) in [6, 6.07) is 6.45. The van der Waals surface area contributed by atoms with Gasteiger partial charge in [0, 0.05) is 18.5 Å². The van der Waals surface area contributed by atoms with Crippen molar-refractivity contribution >= 4 is 21.0 Å². The van der Waals surface area contributed by atoms with Gasteiger partial charge >= 0.3 is 5.63 Å². The monoisotopic (exact) mass is 337 g/mol. The third kappa shape index (κ3) is 2.86. The average Bonchev–Trinajstić information content (AvgIpc) is 2.53. The number of piperidine rings is 1. The Bertz CT molecular complexity index is 887. The van der Waals surface area contributed by atoms with Gasteiger partial charge in [0.1, 0.15) is 0 Å². The predicted octanol–water partition coefficient (Wildman–Crippen LogP) is 2.22. The van der Waals surface area contributed by atoms with Crippen molar-refractivity contribution in [3.63, 3.8) is 0 Å². The van der Waals surface area contributed by atoms with Crippen molar-refractivity contribution < 1.29 is 17.6 Å². The third-order valence-corrected chi connectivity index (χ3v) is 6.00. The second-order valence-corrected chi connectivity index (χ2v) is 7.79. The number of methoxy groups -OCH3 is 1. The number of sulfonamides is 1. The molecular weight excluding hydrogens is 318 g/mol. The van der Waals surface area contributed by atoms with Gasteiger partial charge in [0.25, 0.3) is 0 Å². The summed E-state index contributed by atoms with van der Waals surface area (Å²) in [6.07, 6.45) is 1.79. The van der Waals surface area contributed by atoms with Crippen LogP contribution >= 0.6 is 0 Å². The maximum Gasteiger partial charge on any atom is 0.356 e. The number of ether oxygens (including phenoxy) is 1. The van der Waals surface area contributed by atoms with E-state index in [0.29, 0.717) is 24.2 Å². The van der Waals surface area contributed by atoms with Gasteiger partial charge in [0.15, 0.2) is 16.2 Å². The molecule has 0 unspecified atom stereocenters. The normalized spacial score (nSPS) is 19.8. The average molecular weight is 337 g/mol. The SMILES string of the molecule is COc1cccc2cc(S(=O)(=O)N3CCC[C@@H](C)C3)c(=O)oc12. The molecule has 3 rings (SSSR count). The summed E-state index contributed by atoms with van der Waals surface area (Å²) in [7, 11) is -2.38. The fourth-order valence-corrected chi connectivity index (χ4v) is 4.57. The summed E-state index contributed by atoms with van der Waals surface area (Å²) in [5, 5.41) is 0.521. The van der Waals surface area contributed by atoms with E-state index in [1.165, 1.54) is 17.5 Å². The first kappa shape index (κ1) is 16.0. The molecule has 1 saturated heterocycles. The molecule has 1 aliphatic heterocycles. The highest BCUT2D eigenvalue weighted by Gasteiger charge is 2.31. The summed E-state index contributed by atoms with van der Waals surface area (Å²) in [5.74, 6) is 0.682. The molecule has 2 aromatic rings. The van der Waals surface area contributed by atoms with Gasteiger partial charge in [0.05, 0.1) is 7.11 Å². The van der Waals surface area contributed by atoms with E-state index < -0.39 is 15.6 Å². The lowest BCUT2D eigenvalue weighted by atomic mass is 10.0. The van der Waals surface area contributed by atoms with Gasteiger partial charge in [-0.1, -0.05) is 19.1 Å². The van der Waals surface area contributed by atoms with Crippen LogP contribution in [0.5, 0.6) is 5.75 Å². The molecule has 0 saturated carbocycles. The van der Waals surface area contributed by atoms with E-state index in [2.05, 4.69) is 0 Å². The van der Waals surface area contributed by atoms with E-state index in [9.17, 15) is 13.2 Å². The Labute approximate surface area is 134 Å². The fraction of sp³-hybridized carbons (Fsp3) is 0.438. The zero-order chi connectivity index (χ0) is 16.6. The topological polar surface area (TPSA) is 76.8 Å². The Balaban J connectivity index is 2.12. The van der Waals surface area contributed by atoms with Gasteiger partial charge in [-0.2, -0.15) is 4.31 Å². The molecule has 2 heterocycles. The minimum atomic E-state index is -3.85. The molecule has 7 heteroatoms. The molecule has 0 radical (unpaired) electrons. The summed E-state index contributed by atoms with van der Waals surface area (Å²) >= 11 is 0. The minimum absolute atomic E-state index is 0.256. The van der Waals surface area contributed by atoms with Gasteiger partial charge in [-0.25, -0.2) is 13.2 Å². The van der Waals surface area contributed by atoms with E-state index in [4.69, 9.17) is 9.15 Å². The van der Waals surface area contributed by atoms with E-state index in [1.54, 1.807) is 18.2 Å². The van der Waals surface area contributed by atoms with Crippen LogP contribution in [0.1, 0.15) is 19.8 Å². The predicted molar refractivity (Wildman–Crippen MR) is 86.2 cm³/mol. The number of rotatable bonds is 3. The number of nitrogens with zero attached hydrogens (tertiary/aromatic N) is 1. The Hall–Kier alpha value is -1.86. The lowest BCUT2D eigenvalue weighted by molar-refractivity contribution is 0.280. The number of hydrogen-bond donors (Lipinski definition) is 0. The number of fused-ring (bicyclic) bond motifs is 1. The highest BCUT2D eigenvalue weighted by atomic mass is 32.2. The highest BCUT2D eigenvalue weighted by molar-refractivity contribution is 7.89. The largest absolute Gasteiger partial charge is 0.493 e. The molecule has 0 amide bonds. The van der Waals surface area contributed by atoms with Crippen molar-refractivity contribution in [3.05, 3.63) is 34.7 Å². The van der Waals surface area contributed by atoms with Gasteiger partial charge in [0.2, 0.25) is 10.0 Å². The number of hydrogen-bond acceptors (Lipinski definition) is 5. The summed E-state index contributed by atoms with van der Waals surface area (Å²) in [6.45, 7) is 2.87. The molecule has 0 N–H and O–H groups in total. The molecule has 6 nitrogen and oxygen atoms in total. The smallest absolute Gasteiger partial charge is 0.356 e. The molecule has 1 fully saturated rings. The summed E-state index contributed by atoms with van der Waals surface area (Å²) in [4.78, 5) is 11.9. The van der Waals surface area contributed by atoms with Crippen LogP contribution in [-0.2, 0) is 10.0 Å². The van der Waals surface area contributed by atoms with Crippen molar-refractivity contribution in [2.45, 2.75) is 24.7 Å². The molecule has 1 aromatic heterocycles. The van der Waals surface area contributed by atoms with E-state index in [1.807, 2.05) is 6.92 Å². The lowest BCUT2D eigenvalue weighted by Gasteiger charge is -2.29. The maximum absolute atomic E-state index is 12.8. The molecule has 23 heavy (non-hydrogen) atoms. The van der Waals surface area contributed by atoms with Crippen LogP contribution in [0.3, 0.4) is 0 Å². The molecule has 0 aliphatic carbocycles. The second kappa shape index (κ2) is 5.98. The lowest BCUT2D eigenvalue weighted by Crippen LogP contribution is -2.40. The Morgan fingerprint density at radius 3 is 2.83 bits per heavy atom. The van der Waals surface area contributed by atoms with Gasteiger partial charge in [-0.05, 0) is 30.9 Å². The zero-order valence-electron chi connectivity index (χ0n) is 13.1. The van der Waals surface area contributed by atoms with E-state index in [-0.39, 0.29) is 16.4 Å². The molecule has 1 atom stereocenters.